The molecule has 1 amide bonds. The SMILES string of the molecule is CC(C)CN(C(=O)Cc1c(F)cccc1Cl)c1nc2ccccc2s1. The van der Waals surface area contributed by atoms with E-state index in [1.54, 1.807) is 11.0 Å². The molecular formula is C19H18ClFN2OS. The maximum Gasteiger partial charge on any atom is 0.233 e. The lowest BCUT2D eigenvalue weighted by atomic mass is 10.1. The Hall–Kier alpha value is -1.98. The molecule has 0 saturated heterocycles. The number of halogens is 2. The van der Waals surface area contributed by atoms with Crippen LogP contribution in [0.15, 0.2) is 42.5 Å². The first-order valence-corrected chi connectivity index (χ1v) is 9.24. The fourth-order valence-corrected chi connectivity index (χ4v) is 3.80. The molecule has 3 nitrogen and oxygen atoms in total. The highest BCUT2D eigenvalue weighted by atomic mass is 35.5. The Kier molecular flexibility index (Phi) is 5.35. The second kappa shape index (κ2) is 7.50. The van der Waals surface area contributed by atoms with E-state index in [0.717, 1.165) is 10.2 Å². The third-order valence-corrected chi connectivity index (χ3v) is 5.17. The Morgan fingerprint density at radius 1 is 1.24 bits per heavy atom. The van der Waals surface area contributed by atoms with Crippen molar-refractivity contribution in [2.24, 2.45) is 5.92 Å². The minimum Gasteiger partial charge on any atom is -0.288 e. The molecule has 0 radical (unpaired) electrons. The van der Waals surface area contributed by atoms with E-state index < -0.39 is 5.82 Å². The minimum absolute atomic E-state index is 0.0891. The molecule has 1 aromatic heterocycles. The lowest BCUT2D eigenvalue weighted by Crippen LogP contribution is -2.35. The molecule has 0 fully saturated rings. The van der Waals surface area contributed by atoms with Gasteiger partial charge >= 0.3 is 0 Å². The molecule has 0 spiro atoms. The van der Waals surface area contributed by atoms with Gasteiger partial charge in [-0.25, -0.2) is 9.37 Å². The van der Waals surface area contributed by atoms with Crippen LogP contribution in [0.25, 0.3) is 10.2 Å². The summed E-state index contributed by atoms with van der Waals surface area (Å²) in [5.41, 5.74) is 1.08. The van der Waals surface area contributed by atoms with Crippen molar-refractivity contribution >= 4 is 44.2 Å². The highest BCUT2D eigenvalue weighted by Crippen LogP contribution is 2.30. The molecular weight excluding hydrogens is 359 g/mol. The van der Waals surface area contributed by atoms with E-state index in [0.29, 0.717) is 11.7 Å². The summed E-state index contributed by atoms with van der Waals surface area (Å²) in [6.45, 7) is 4.58. The lowest BCUT2D eigenvalue weighted by molar-refractivity contribution is -0.118. The van der Waals surface area contributed by atoms with Crippen LogP contribution in [0, 0.1) is 11.7 Å². The molecule has 0 bridgehead atoms. The van der Waals surface area contributed by atoms with Crippen LogP contribution >= 0.6 is 22.9 Å². The Labute approximate surface area is 155 Å². The van der Waals surface area contributed by atoms with Gasteiger partial charge in [0.25, 0.3) is 0 Å². The number of aromatic nitrogens is 1. The van der Waals surface area contributed by atoms with Crippen molar-refractivity contribution in [1.29, 1.82) is 0 Å². The Bertz CT molecular complexity index is 856. The zero-order valence-corrected chi connectivity index (χ0v) is 15.6. The van der Waals surface area contributed by atoms with Gasteiger partial charge in [0.05, 0.1) is 16.6 Å². The lowest BCUT2D eigenvalue weighted by Gasteiger charge is -2.22. The Balaban J connectivity index is 1.93. The Morgan fingerprint density at radius 2 is 2.00 bits per heavy atom. The van der Waals surface area contributed by atoms with Crippen LogP contribution in [0.3, 0.4) is 0 Å². The van der Waals surface area contributed by atoms with Crippen LogP contribution in [0.5, 0.6) is 0 Å². The monoisotopic (exact) mass is 376 g/mol. The summed E-state index contributed by atoms with van der Waals surface area (Å²) in [6, 6.07) is 12.2. The first-order chi connectivity index (χ1) is 12.0. The van der Waals surface area contributed by atoms with Crippen molar-refractivity contribution in [3.8, 4) is 0 Å². The van der Waals surface area contributed by atoms with E-state index in [9.17, 15) is 9.18 Å². The van der Waals surface area contributed by atoms with Crippen molar-refractivity contribution in [3.05, 3.63) is 58.9 Å². The van der Waals surface area contributed by atoms with Crippen molar-refractivity contribution < 1.29 is 9.18 Å². The van der Waals surface area contributed by atoms with E-state index in [1.165, 1.54) is 23.5 Å². The molecule has 3 aromatic rings. The maximum atomic E-state index is 14.0. The molecule has 0 saturated carbocycles. The van der Waals surface area contributed by atoms with Gasteiger partial charge in [-0.2, -0.15) is 0 Å². The zero-order valence-electron chi connectivity index (χ0n) is 14.0. The van der Waals surface area contributed by atoms with E-state index in [-0.39, 0.29) is 28.8 Å². The van der Waals surface area contributed by atoms with Gasteiger partial charge in [0, 0.05) is 17.1 Å². The number of para-hydroxylation sites is 1. The summed E-state index contributed by atoms with van der Waals surface area (Å²) in [5.74, 6) is -0.415. The highest BCUT2D eigenvalue weighted by molar-refractivity contribution is 7.22. The Morgan fingerprint density at radius 3 is 2.68 bits per heavy atom. The summed E-state index contributed by atoms with van der Waals surface area (Å²) in [6.07, 6.45) is -0.0891. The fourth-order valence-electron chi connectivity index (χ4n) is 2.58. The third kappa shape index (κ3) is 3.99. The van der Waals surface area contributed by atoms with Crippen molar-refractivity contribution in [2.75, 3.05) is 11.4 Å². The van der Waals surface area contributed by atoms with E-state index >= 15 is 0 Å². The average molecular weight is 377 g/mol. The number of thiazole rings is 1. The molecule has 130 valence electrons. The predicted octanol–water partition coefficient (Wildman–Crippen LogP) is 5.32. The standard InChI is InChI=1S/C19H18ClFN2OS/c1-12(2)11-23(19-22-16-8-3-4-9-17(16)25-19)18(24)10-13-14(20)6-5-7-15(13)21/h3-9,12H,10-11H2,1-2H3. The molecule has 0 aliphatic rings. The number of carbonyl (C=O) groups is 1. The third-order valence-electron chi connectivity index (χ3n) is 3.75. The van der Waals surface area contributed by atoms with Gasteiger partial charge in [0.1, 0.15) is 5.82 Å². The van der Waals surface area contributed by atoms with Crippen molar-refractivity contribution in [1.82, 2.24) is 4.98 Å². The summed E-state index contributed by atoms with van der Waals surface area (Å²) in [4.78, 5) is 19.1. The van der Waals surface area contributed by atoms with Gasteiger partial charge < -0.3 is 0 Å². The van der Waals surface area contributed by atoms with E-state index in [1.807, 2.05) is 38.1 Å². The van der Waals surface area contributed by atoms with Crippen LogP contribution in [-0.2, 0) is 11.2 Å². The van der Waals surface area contributed by atoms with E-state index in [2.05, 4.69) is 4.98 Å². The normalized spacial score (nSPS) is 11.2. The second-order valence-corrected chi connectivity index (χ2v) is 7.66. The molecule has 6 heteroatoms. The number of amides is 1. The first-order valence-electron chi connectivity index (χ1n) is 8.04. The number of fused-ring (bicyclic) bond motifs is 1. The minimum atomic E-state index is -0.463. The van der Waals surface area contributed by atoms with Gasteiger partial charge in [-0.3, -0.25) is 9.69 Å². The number of nitrogens with zero attached hydrogens (tertiary/aromatic N) is 2. The summed E-state index contributed by atoms with van der Waals surface area (Å²) in [5, 5.41) is 0.898. The summed E-state index contributed by atoms with van der Waals surface area (Å²) in [7, 11) is 0. The molecule has 0 N–H and O–H groups in total. The smallest absolute Gasteiger partial charge is 0.233 e. The second-order valence-electron chi connectivity index (χ2n) is 6.24. The number of hydrogen-bond donors (Lipinski definition) is 0. The van der Waals surface area contributed by atoms with Crippen LogP contribution in [0.4, 0.5) is 9.52 Å². The van der Waals surface area contributed by atoms with Crippen LogP contribution < -0.4 is 4.90 Å². The number of rotatable bonds is 5. The predicted molar refractivity (Wildman–Crippen MR) is 102 cm³/mol. The topological polar surface area (TPSA) is 33.2 Å². The van der Waals surface area contributed by atoms with Crippen molar-refractivity contribution in [3.63, 3.8) is 0 Å². The largest absolute Gasteiger partial charge is 0.288 e. The first kappa shape index (κ1) is 17.8. The van der Waals surface area contributed by atoms with Crippen molar-refractivity contribution in [2.45, 2.75) is 20.3 Å². The number of benzene rings is 2. The molecule has 0 atom stereocenters. The molecule has 0 unspecified atom stereocenters. The zero-order chi connectivity index (χ0) is 18.0. The number of carbonyl (C=O) groups excluding carboxylic acids is 1. The van der Waals surface area contributed by atoms with Crippen LogP contribution in [0.1, 0.15) is 19.4 Å². The number of hydrogen-bond acceptors (Lipinski definition) is 3. The molecule has 0 aliphatic heterocycles. The van der Waals surface area contributed by atoms with Gasteiger partial charge in [0.15, 0.2) is 5.13 Å². The number of anilines is 1. The van der Waals surface area contributed by atoms with Gasteiger partial charge in [0.2, 0.25) is 5.91 Å². The summed E-state index contributed by atoms with van der Waals surface area (Å²) < 4.78 is 15.1. The fraction of sp³-hybridized carbons (Fsp3) is 0.263. The molecule has 0 aliphatic carbocycles. The molecule has 2 aromatic carbocycles. The van der Waals surface area contributed by atoms with E-state index in [4.69, 9.17) is 11.6 Å². The molecule has 25 heavy (non-hydrogen) atoms. The van der Waals surface area contributed by atoms with Gasteiger partial charge in [-0.05, 0) is 30.2 Å². The molecule has 1 heterocycles. The quantitative estimate of drug-likeness (QED) is 0.603. The van der Waals surface area contributed by atoms with Gasteiger partial charge in [-0.1, -0.05) is 55.0 Å². The molecule has 3 rings (SSSR count). The van der Waals surface area contributed by atoms with Gasteiger partial charge in [-0.15, -0.1) is 0 Å². The summed E-state index contributed by atoms with van der Waals surface area (Å²) >= 11 is 7.53. The van der Waals surface area contributed by atoms with Crippen LogP contribution in [0.2, 0.25) is 5.02 Å². The average Bonchev–Trinajstić information content (AvgIpc) is 2.99. The highest BCUT2D eigenvalue weighted by Gasteiger charge is 2.23. The van der Waals surface area contributed by atoms with Crippen LogP contribution in [-0.4, -0.2) is 17.4 Å². The maximum absolute atomic E-state index is 14.0.